The summed E-state index contributed by atoms with van der Waals surface area (Å²) in [6.45, 7) is 11.2. The van der Waals surface area contributed by atoms with Crippen LogP contribution in [0, 0.1) is 11.3 Å². The minimum atomic E-state index is 0.379. The van der Waals surface area contributed by atoms with Gasteiger partial charge in [0.25, 0.3) is 0 Å². The first kappa shape index (κ1) is 14.7. The molecule has 1 unspecified atom stereocenters. The molecule has 1 nitrogen and oxygen atoms in total. The van der Waals surface area contributed by atoms with Crippen LogP contribution in [0.1, 0.15) is 32.6 Å². The van der Waals surface area contributed by atoms with Gasteiger partial charge in [0.05, 0.1) is 3.79 Å². The van der Waals surface area contributed by atoms with E-state index in [1.807, 2.05) is 0 Å². The largest absolute Gasteiger partial charge is 0.312 e. The SMILES string of the molecule is CC(CNCc1cc(Br)c(Br)s1)C(C)(C)C. The fourth-order valence-electron chi connectivity index (χ4n) is 1.20. The summed E-state index contributed by atoms with van der Waals surface area (Å²) in [5.74, 6) is 0.680. The fourth-order valence-corrected chi connectivity index (χ4v) is 3.34. The van der Waals surface area contributed by atoms with Crippen LogP contribution in [0.5, 0.6) is 0 Å². The van der Waals surface area contributed by atoms with Gasteiger partial charge in [0.1, 0.15) is 0 Å². The van der Waals surface area contributed by atoms with E-state index in [1.54, 1.807) is 11.3 Å². The van der Waals surface area contributed by atoms with Crippen molar-refractivity contribution < 1.29 is 0 Å². The van der Waals surface area contributed by atoms with Gasteiger partial charge in [0.2, 0.25) is 0 Å². The molecule has 0 spiro atoms. The Labute approximate surface area is 119 Å². The molecule has 0 saturated carbocycles. The highest BCUT2D eigenvalue weighted by molar-refractivity contribution is 9.13. The van der Waals surface area contributed by atoms with Crippen molar-refractivity contribution in [2.24, 2.45) is 11.3 Å². The summed E-state index contributed by atoms with van der Waals surface area (Å²) in [7, 11) is 0. The summed E-state index contributed by atoms with van der Waals surface area (Å²) in [6.07, 6.45) is 0. The van der Waals surface area contributed by atoms with Crippen molar-refractivity contribution in [2.45, 2.75) is 34.2 Å². The normalized spacial score (nSPS) is 14.1. The van der Waals surface area contributed by atoms with Crippen molar-refractivity contribution in [3.05, 3.63) is 19.2 Å². The van der Waals surface area contributed by atoms with E-state index in [0.717, 1.165) is 17.6 Å². The summed E-state index contributed by atoms with van der Waals surface area (Å²) < 4.78 is 2.33. The molecule has 0 amide bonds. The zero-order chi connectivity index (χ0) is 12.3. The van der Waals surface area contributed by atoms with Gasteiger partial charge in [-0.3, -0.25) is 0 Å². The predicted molar refractivity (Wildman–Crippen MR) is 80.0 cm³/mol. The molecule has 4 heteroatoms. The second kappa shape index (κ2) is 5.98. The van der Waals surface area contributed by atoms with E-state index < -0.39 is 0 Å². The third-order valence-corrected chi connectivity index (χ3v) is 6.18. The van der Waals surface area contributed by atoms with Crippen LogP contribution in [0.4, 0.5) is 0 Å². The first-order chi connectivity index (χ1) is 7.30. The maximum atomic E-state index is 3.52. The molecule has 92 valence electrons. The highest BCUT2D eigenvalue weighted by atomic mass is 79.9. The Morgan fingerprint density at radius 3 is 2.44 bits per heavy atom. The maximum Gasteiger partial charge on any atom is 0.0843 e. The highest BCUT2D eigenvalue weighted by Crippen LogP contribution is 2.32. The summed E-state index contributed by atoms with van der Waals surface area (Å²) >= 11 is 8.80. The number of thiophene rings is 1. The molecule has 1 heterocycles. The van der Waals surface area contributed by atoms with Gasteiger partial charge in [-0.25, -0.2) is 0 Å². The Morgan fingerprint density at radius 2 is 2.00 bits per heavy atom. The van der Waals surface area contributed by atoms with Crippen molar-refractivity contribution in [1.82, 2.24) is 5.32 Å². The molecule has 1 aromatic rings. The molecule has 0 saturated heterocycles. The molecule has 0 fully saturated rings. The minimum absolute atomic E-state index is 0.379. The van der Waals surface area contributed by atoms with Gasteiger partial charge in [0.15, 0.2) is 0 Å². The van der Waals surface area contributed by atoms with Gasteiger partial charge in [-0.2, -0.15) is 0 Å². The zero-order valence-electron chi connectivity index (χ0n) is 10.2. The van der Waals surface area contributed by atoms with E-state index in [4.69, 9.17) is 0 Å². The smallest absolute Gasteiger partial charge is 0.0843 e. The van der Waals surface area contributed by atoms with Crippen molar-refractivity contribution in [2.75, 3.05) is 6.54 Å². The molecule has 0 radical (unpaired) electrons. The molecule has 0 aromatic carbocycles. The Bertz CT molecular complexity index is 322. The second-order valence-corrected chi connectivity index (χ2v) is 8.54. The monoisotopic (exact) mass is 367 g/mol. The third kappa shape index (κ3) is 4.47. The average molecular weight is 369 g/mol. The van der Waals surface area contributed by atoms with Crippen molar-refractivity contribution in [3.8, 4) is 0 Å². The van der Waals surface area contributed by atoms with E-state index in [9.17, 15) is 0 Å². The van der Waals surface area contributed by atoms with Crippen LogP contribution in [-0.4, -0.2) is 6.54 Å². The topological polar surface area (TPSA) is 12.0 Å². The van der Waals surface area contributed by atoms with Gasteiger partial charge < -0.3 is 5.32 Å². The zero-order valence-corrected chi connectivity index (χ0v) is 14.2. The lowest BCUT2D eigenvalue weighted by molar-refractivity contribution is 0.253. The first-order valence-electron chi connectivity index (χ1n) is 5.45. The molecule has 0 aliphatic rings. The summed E-state index contributed by atoms with van der Waals surface area (Å²) in [5.41, 5.74) is 0.379. The molecule has 1 N–H and O–H groups in total. The Morgan fingerprint density at radius 1 is 1.38 bits per heavy atom. The predicted octanol–water partition coefficient (Wildman–Crippen LogP) is 5.04. The van der Waals surface area contributed by atoms with Crippen LogP contribution in [0.2, 0.25) is 0 Å². The number of halogens is 2. The summed E-state index contributed by atoms with van der Waals surface area (Å²) in [6, 6.07) is 2.17. The lowest BCUT2D eigenvalue weighted by Gasteiger charge is -2.27. The quantitative estimate of drug-likeness (QED) is 0.784. The number of rotatable bonds is 4. The average Bonchev–Trinajstić information content (AvgIpc) is 2.44. The van der Waals surface area contributed by atoms with E-state index in [0.29, 0.717) is 11.3 Å². The van der Waals surface area contributed by atoms with E-state index >= 15 is 0 Å². The standard InChI is InChI=1S/C12H19Br2NS/c1-8(12(2,3)4)6-15-7-9-5-10(13)11(14)16-9/h5,8,15H,6-7H2,1-4H3. The Hall–Kier alpha value is 0.620. The van der Waals surface area contributed by atoms with Crippen molar-refractivity contribution >= 4 is 43.2 Å². The van der Waals surface area contributed by atoms with Crippen LogP contribution in [0.3, 0.4) is 0 Å². The van der Waals surface area contributed by atoms with Gasteiger partial charge in [0, 0.05) is 15.9 Å². The molecular weight excluding hydrogens is 350 g/mol. The summed E-state index contributed by atoms with van der Waals surface area (Å²) in [4.78, 5) is 1.36. The van der Waals surface area contributed by atoms with Crippen LogP contribution >= 0.6 is 43.2 Å². The molecule has 0 bridgehead atoms. The van der Waals surface area contributed by atoms with E-state index in [2.05, 4.69) is 70.9 Å². The number of nitrogens with one attached hydrogen (secondary N) is 1. The Kier molecular flexibility index (Phi) is 5.49. The minimum Gasteiger partial charge on any atom is -0.312 e. The summed E-state index contributed by atoms with van der Waals surface area (Å²) in [5, 5.41) is 3.52. The highest BCUT2D eigenvalue weighted by Gasteiger charge is 2.19. The molecule has 16 heavy (non-hydrogen) atoms. The lowest BCUT2D eigenvalue weighted by Crippen LogP contribution is -2.29. The lowest BCUT2D eigenvalue weighted by atomic mass is 9.82. The first-order valence-corrected chi connectivity index (χ1v) is 7.85. The third-order valence-electron chi connectivity index (χ3n) is 2.92. The maximum absolute atomic E-state index is 3.52. The van der Waals surface area contributed by atoms with Crippen LogP contribution < -0.4 is 5.32 Å². The molecule has 0 aliphatic carbocycles. The molecular formula is C12H19Br2NS. The van der Waals surface area contributed by atoms with Gasteiger partial charge in [-0.1, -0.05) is 27.7 Å². The fraction of sp³-hybridized carbons (Fsp3) is 0.667. The van der Waals surface area contributed by atoms with Crippen molar-refractivity contribution in [1.29, 1.82) is 0 Å². The van der Waals surface area contributed by atoms with Crippen LogP contribution in [0.25, 0.3) is 0 Å². The van der Waals surface area contributed by atoms with Crippen molar-refractivity contribution in [3.63, 3.8) is 0 Å². The van der Waals surface area contributed by atoms with Crippen LogP contribution in [0.15, 0.2) is 14.3 Å². The van der Waals surface area contributed by atoms with E-state index in [1.165, 1.54) is 8.66 Å². The second-order valence-electron chi connectivity index (χ2n) is 5.23. The molecule has 1 atom stereocenters. The number of hydrogen-bond acceptors (Lipinski definition) is 2. The van der Waals surface area contributed by atoms with Gasteiger partial charge in [-0.15, -0.1) is 11.3 Å². The van der Waals surface area contributed by atoms with Gasteiger partial charge in [-0.05, 0) is 55.8 Å². The van der Waals surface area contributed by atoms with E-state index in [-0.39, 0.29) is 0 Å². The molecule has 1 rings (SSSR count). The van der Waals surface area contributed by atoms with Gasteiger partial charge >= 0.3 is 0 Å². The molecule has 0 aliphatic heterocycles. The molecule has 1 aromatic heterocycles. The van der Waals surface area contributed by atoms with Crippen LogP contribution in [-0.2, 0) is 6.54 Å². The Balaban J connectivity index is 2.36. The number of hydrogen-bond donors (Lipinski definition) is 1.